The van der Waals surface area contributed by atoms with Crippen LogP contribution in [0.2, 0.25) is 10.0 Å². The highest BCUT2D eigenvalue weighted by atomic mass is 35.5. The molecule has 2 aromatic rings. The number of unbranched alkanes of at least 4 members (excludes halogenated alkanes) is 1. The van der Waals surface area contributed by atoms with Crippen molar-refractivity contribution in [1.29, 1.82) is 0 Å². The summed E-state index contributed by atoms with van der Waals surface area (Å²) >= 11 is 11.9. The summed E-state index contributed by atoms with van der Waals surface area (Å²) in [6.45, 7) is 1.72. The van der Waals surface area contributed by atoms with Gasteiger partial charge in [0, 0.05) is 44.3 Å². The van der Waals surface area contributed by atoms with Crippen LogP contribution < -0.4 is 10.6 Å². The number of pyridine rings is 2. The van der Waals surface area contributed by atoms with Gasteiger partial charge in [0.2, 0.25) is 0 Å². The van der Waals surface area contributed by atoms with E-state index >= 15 is 0 Å². The van der Waals surface area contributed by atoms with E-state index in [0.717, 1.165) is 55.7 Å². The molecular formula is C22H26Cl2N4O4. The summed E-state index contributed by atoms with van der Waals surface area (Å²) in [4.78, 5) is 32.4. The number of nitrogens with zero attached hydrogens (tertiary/aromatic N) is 2. The number of aromatic nitrogens is 2. The average molecular weight is 481 g/mol. The molecule has 0 saturated heterocycles. The van der Waals surface area contributed by atoms with E-state index in [1.165, 1.54) is 12.4 Å². The molecule has 8 nitrogen and oxygen atoms in total. The van der Waals surface area contributed by atoms with Gasteiger partial charge >= 0.3 is 5.97 Å². The Morgan fingerprint density at radius 1 is 1.19 bits per heavy atom. The lowest BCUT2D eigenvalue weighted by Crippen LogP contribution is -2.41. The number of carbonyl (C=O) groups is 2. The van der Waals surface area contributed by atoms with Crippen LogP contribution >= 0.6 is 23.2 Å². The molecule has 1 aliphatic rings. The van der Waals surface area contributed by atoms with Gasteiger partial charge in [0.15, 0.2) is 0 Å². The van der Waals surface area contributed by atoms with Gasteiger partial charge in [-0.1, -0.05) is 23.2 Å². The first-order valence-corrected chi connectivity index (χ1v) is 11.3. The van der Waals surface area contributed by atoms with Crippen molar-refractivity contribution >= 4 is 40.8 Å². The van der Waals surface area contributed by atoms with E-state index in [1.807, 2.05) is 0 Å². The Morgan fingerprint density at radius 2 is 1.97 bits per heavy atom. The minimum absolute atomic E-state index is 0.00192. The van der Waals surface area contributed by atoms with Crippen LogP contribution in [-0.4, -0.2) is 52.8 Å². The topological polar surface area (TPSA) is 113 Å². The van der Waals surface area contributed by atoms with Crippen molar-refractivity contribution in [3.8, 4) is 0 Å². The smallest absolute Gasteiger partial charge is 0.326 e. The fourth-order valence-corrected chi connectivity index (χ4v) is 3.98. The van der Waals surface area contributed by atoms with Crippen molar-refractivity contribution in [2.45, 2.75) is 44.6 Å². The Balaban J connectivity index is 1.36. The van der Waals surface area contributed by atoms with Crippen LogP contribution in [0.25, 0.3) is 0 Å². The van der Waals surface area contributed by atoms with Crippen LogP contribution in [0.15, 0.2) is 24.5 Å². The normalized spacial score (nSPS) is 13.7. The van der Waals surface area contributed by atoms with Gasteiger partial charge in [-0.2, -0.15) is 0 Å². The van der Waals surface area contributed by atoms with Crippen LogP contribution in [0.3, 0.4) is 0 Å². The van der Waals surface area contributed by atoms with Gasteiger partial charge in [-0.3, -0.25) is 14.8 Å². The summed E-state index contributed by atoms with van der Waals surface area (Å²) in [7, 11) is 0. The number of ether oxygens (including phenoxy) is 1. The zero-order valence-electron chi connectivity index (χ0n) is 17.6. The fraction of sp³-hybridized carbons (Fsp3) is 0.455. The molecular weight excluding hydrogens is 455 g/mol. The minimum atomic E-state index is -1.16. The van der Waals surface area contributed by atoms with Gasteiger partial charge in [0.25, 0.3) is 5.91 Å². The number of amides is 1. The lowest BCUT2D eigenvalue weighted by Gasteiger charge is -2.17. The molecule has 0 saturated carbocycles. The molecule has 3 rings (SSSR count). The number of fused-ring (bicyclic) bond motifs is 1. The number of nitrogens with one attached hydrogen (secondary N) is 2. The van der Waals surface area contributed by atoms with E-state index in [4.69, 9.17) is 32.9 Å². The summed E-state index contributed by atoms with van der Waals surface area (Å²) in [5, 5.41) is 15.3. The Morgan fingerprint density at radius 3 is 2.72 bits per heavy atom. The largest absolute Gasteiger partial charge is 0.480 e. The summed E-state index contributed by atoms with van der Waals surface area (Å²) in [6, 6.07) is 3.04. The number of carboxylic acids is 1. The number of aryl methyl sites for hydroxylation is 2. The van der Waals surface area contributed by atoms with Gasteiger partial charge in [-0.25, -0.2) is 4.79 Å². The molecule has 0 aromatic carbocycles. The third-order valence-electron chi connectivity index (χ3n) is 5.14. The Bertz CT molecular complexity index is 937. The van der Waals surface area contributed by atoms with Crippen molar-refractivity contribution < 1.29 is 19.4 Å². The molecule has 0 bridgehead atoms. The number of halogens is 2. The number of hydrogen-bond acceptors (Lipinski definition) is 6. The zero-order chi connectivity index (χ0) is 22.9. The number of carboxylic acid groups (broad SMARTS) is 1. The van der Waals surface area contributed by atoms with E-state index in [1.54, 1.807) is 0 Å². The molecule has 3 N–H and O–H groups in total. The molecule has 10 heteroatoms. The van der Waals surface area contributed by atoms with E-state index < -0.39 is 17.9 Å². The minimum Gasteiger partial charge on any atom is -0.480 e. The second kappa shape index (κ2) is 12.0. The standard InChI is InChI=1S/C22H26Cl2N4O4/c23-15-12-25-13-16(24)20(15)21(29)28-19(22(30)31)8-11-32-10-2-1-4-14-6-7-17-18(27-14)5-3-9-26-17/h6-7,12-13,19,26H,1-5,8-11H2,(H,28,29)(H,30,31). The van der Waals surface area contributed by atoms with Crippen molar-refractivity contribution in [1.82, 2.24) is 15.3 Å². The van der Waals surface area contributed by atoms with Crippen molar-refractivity contribution in [2.24, 2.45) is 0 Å². The maximum atomic E-state index is 12.4. The molecule has 0 spiro atoms. The third kappa shape index (κ3) is 6.79. The van der Waals surface area contributed by atoms with Gasteiger partial charge in [0.05, 0.1) is 27.0 Å². The Hall–Kier alpha value is -2.42. The first kappa shape index (κ1) is 24.2. The summed E-state index contributed by atoms with van der Waals surface area (Å²) in [6.07, 6.45) is 7.44. The van der Waals surface area contributed by atoms with E-state index in [9.17, 15) is 14.7 Å². The fourth-order valence-electron chi connectivity index (χ4n) is 3.45. The monoisotopic (exact) mass is 480 g/mol. The van der Waals surface area contributed by atoms with E-state index in [-0.39, 0.29) is 28.6 Å². The lowest BCUT2D eigenvalue weighted by atomic mass is 10.1. The summed E-state index contributed by atoms with van der Waals surface area (Å²) in [5.41, 5.74) is 3.36. The third-order valence-corrected chi connectivity index (χ3v) is 5.72. The number of rotatable bonds is 11. The summed E-state index contributed by atoms with van der Waals surface area (Å²) < 4.78 is 5.57. The molecule has 1 amide bonds. The van der Waals surface area contributed by atoms with Crippen LogP contribution in [0.1, 0.15) is 47.4 Å². The number of anilines is 1. The molecule has 0 fully saturated rings. The molecule has 1 aliphatic heterocycles. The Labute approximate surface area is 196 Å². The maximum absolute atomic E-state index is 12.4. The van der Waals surface area contributed by atoms with Crippen molar-refractivity contribution in [2.75, 3.05) is 25.1 Å². The molecule has 1 unspecified atom stereocenters. The van der Waals surface area contributed by atoms with Gasteiger partial charge in [-0.05, 0) is 44.2 Å². The predicted octanol–water partition coefficient (Wildman–Crippen LogP) is 3.75. The van der Waals surface area contributed by atoms with Crippen molar-refractivity contribution in [3.05, 3.63) is 51.5 Å². The van der Waals surface area contributed by atoms with Crippen LogP contribution in [0.5, 0.6) is 0 Å². The SMILES string of the molecule is O=C(NC(CCOCCCCc1ccc2c(n1)CCCN2)C(=O)O)c1c(Cl)cncc1Cl. The van der Waals surface area contributed by atoms with Crippen LogP contribution in [-0.2, 0) is 22.4 Å². The van der Waals surface area contributed by atoms with E-state index in [2.05, 4.69) is 27.8 Å². The molecule has 0 radical (unpaired) electrons. The first-order valence-electron chi connectivity index (χ1n) is 10.6. The van der Waals surface area contributed by atoms with Crippen LogP contribution in [0.4, 0.5) is 5.69 Å². The number of hydrogen-bond donors (Lipinski definition) is 3. The zero-order valence-corrected chi connectivity index (χ0v) is 19.1. The highest BCUT2D eigenvalue weighted by Gasteiger charge is 2.23. The number of carbonyl (C=O) groups excluding carboxylic acids is 1. The van der Waals surface area contributed by atoms with Gasteiger partial charge in [-0.15, -0.1) is 0 Å². The second-order valence-corrected chi connectivity index (χ2v) is 8.34. The van der Waals surface area contributed by atoms with E-state index in [0.29, 0.717) is 6.61 Å². The molecule has 32 heavy (non-hydrogen) atoms. The van der Waals surface area contributed by atoms with Crippen molar-refractivity contribution in [3.63, 3.8) is 0 Å². The lowest BCUT2D eigenvalue weighted by molar-refractivity contribution is -0.139. The number of aliphatic carboxylic acids is 1. The predicted molar refractivity (Wildman–Crippen MR) is 123 cm³/mol. The van der Waals surface area contributed by atoms with Crippen LogP contribution in [0, 0.1) is 0 Å². The highest BCUT2D eigenvalue weighted by molar-refractivity contribution is 6.39. The van der Waals surface area contributed by atoms with Gasteiger partial charge < -0.3 is 20.5 Å². The first-order chi connectivity index (χ1) is 15.5. The maximum Gasteiger partial charge on any atom is 0.326 e. The Kier molecular flexibility index (Phi) is 9.08. The molecule has 0 aliphatic carbocycles. The molecule has 172 valence electrons. The molecule has 3 heterocycles. The second-order valence-electron chi connectivity index (χ2n) is 7.53. The van der Waals surface area contributed by atoms with Gasteiger partial charge in [0.1, 0.15) is 6.04 Å². The molecule has 1 atom stereocenters. The molecule has 2 aromatic heterocycles. The quantitative estimate of drug-likeness (QED) is 0.419. The average Bonchev–Trinajstić information content (AvgIpc) is 2.77. The summed E-state index contributed by atoms with van der Waals surface area (Å²) in [5.74, 6) is -1.82. The highest BCUT2D eigenvalue weighted by Crippen LogP contribution is 2.23.